The van der Waals surface area contributed by atoms with Crippen LogP contribution in [0.3, 0.4) is 0 Å². The maximum atomic E-state index is 12.2. The molecule has 0 atom stereocenters. The number of hydrogen-bond donors (Lipinski definition) is 2. The second-order valence-electron chi connectivity index (χ2n) is 5.28. The van der Waals surface area contributed by atoms with Gasteiger partial charge in [-0.25, -0.2) is 14.5 Å². The number of nitrogens with one attached hydrogen (secondary N) is 2. The SMILES string of the molecule is O=C(Nc1ccc(Cn2cncn2)cc1)Nc1cccc(OC(F)F)c1. The Morgan fingerprint density at radius 3 is 2.58 bits per heavy atom. The topological polar surface area (TPSA) is 81.1 Å². The van der Waals surface area contributed by atoms with Crippen LogP contribution in [0.2, 0.25) is 0 Å². The molecule has 1 aromatic heterocycles. The van der Waals surface area contributed by atoms with Gasteiger partial charge in [0, 0.05) is 17.4 Å². The molecule has 134 valence electrons. The van der Waals surface area contributed by atoms with E-state index in [-0.39, 0.29) is 5.75 Å². The smallest absolute Gasteiger partial charge is 0.387 e. The number of nitrogens with zero attached hydrogens (tertiary/aromatic N) is 3. The number of halogens is 2. The fourth-order valence-electron chi connectivity index (χ4n) is 2.24. The molecule has 9 heteroatoms. The van der Waals surface area contributed by atoms with E-state index in [9.17, 15) is 13.6 Å². The first kappa shape index (κ1) is 17.3. The number of carbonyl (C=O) groups excluding carboxylic acids is 1. The van der Waals surface area contributed by atoms with Gasteiger partial charge in [-0.2, -0.15) is 13.9 Å². The van der Waals surface area contributed by atoms with E-state index >= 15 is 0 Å². The van der Waals surface area contributed by atoms with Gasteiger partial charge in [0.05, 0.1) is 6.54 Å². The summed E-state index contributed by atoms with van der Waals surface area (Å²) in [6, 6.07) is 12.5. The van der Waals surface area contributed by atoms with Gasteiger partial charge in [0.25, 0.3) is 0 Å². The highest BCUT2D eigenvalue weighted by molar-refractivity contribution is 5.99. The highest BCUT2D eigenvalue weighted by atomic mass is 19.3. The number of rotatable bonds is 6. The Labute approximate surface area is 147 Å². The summed E-state index contributed by atoms with van der Waals surface area (Å²) < 4.78 is 30.4. The molecule has 2 amide bonds. The number of ether oxygens (including phenoxy) is 1. The van der Waals surface area contributed by atoms with Gasteiger partial charge in [-0.05, 0) is 29.8 Å². The fourth-order valence-corrected chi connectivity index (χ4v) is 2.24. The van der Waals surface area contributed by atoms with E-state index in [2.05, 4.69) is 25.5 Å². The predicted octanol–water partition coefficient (Wildman–Crippen LogP) is 3.57. The van der Waals surface area contributed by atoms with Gasteiger partial charge in [-0.1, -0.05) is 18.2 Å². The fraction of sp³-hybridized carbons (Fsp3) is 0.118. The third-order valence-corrected chi connectivity index (χ3v) is 3.34. The summed E-state index contributed by atoms with van der Waals surface area (Å²) in [5.41, 5.74) is 1.92. The lowest BCUT2D eigenvalue weighted by Gasteiger charge is -2.10. The maximum absolute atomic E-state index is 12.2. The van der Waals surface area contributed by atoms with Gasteiger partial charge >= 0.3 is 12.6 Å². The molecular formula is C17H15F2N5O2. The lowest BCUT2D eigenvalue weighted by molar-refractivity contribution is -0.0497. The molecule has 26 heavy (non-hydrogen) atoms. The molecule has 0 radical (unpaired) electrons. The molecule has 3 rings (SSSR count). The molecule has 0 unspecified atom stereocenters. The van der Waals surface area contributed by atoms with Gasteiger partial charge < -0.3 is 15.4 Å². The molecule has 7 nitrogen and oxygen atoms in total. The molecule has 0 aliphatic carbocycles. The highest BCUT2D eigenvalue weighted by Crippen LogP contribution is 2.19. The Morgan fingerprint density at radius 1 is 1.12 bits per heavy atom. The van der Waals surface area contributed by atoms with Crippen LogP contribution < -0.4 is 15.4 Å². The summed E-state index contributed by atoms with van der Waals surface area (Å²) >= 11 is 0. The molecule has 0 fully saturated rings. The van der Waals surface area contributed by atoms with Crippen LogP contribution in [-0.4, -0.2) is 27.4 Å². The standard InChI is InChI=1S/C17H15F2N5O2/c18-16(19)26-15-3-1-2-14(8-15)23-17(25)22-13-6-4-12(5-7-13)9-24-11-20-10-21-24/h1-8,10-11,16H,9H2,(H2,22,23,25). The van der Waals surface area contributed by atoms with E-state index in [1.165, 1.54) is 24.5 Å². The molecule has 2 N–H and O–H groups in total. The van der Waals surface area contributed by atoms with Gasteiger partial charge in [0.2, 0.25) is 0 Å². The number of urea groups is 1. The molecule has 2 aromatic carbocycles. The van der Waals surface area contributed by atoms with Crippen LogP contribution in [0.4, 0.5) is 25.0 Å². The zero-order chi connectivity index (χ0) is 18.4. The second kappa shape index (κ2) is 8.06. The Kier molecular flexibility index (Phi) is 5.37. The Balaban J connectivity index is 1.56. The summed E-state index contributed by atoms with van der Waals surface area (Å²) in [5, 5.41) is 9.24. The Morgan fingerprint density at radius 2 is 1.88 bits per heavy atom. The van der Waals surface area contributed by atoms with Gasteiger partial charge in [0.1, 0.15) is 18.4 Å². The van der Waals surface area contributed by atoms with Crippen LogP contribution in [0, 0.1) is 0 Å². The third-order valence-electron chi connectivity index (χ3n) is 3.34. The molecule has 1 heterocycles. The summed E-state index contributed by atoms with van der Waals surface area (Å²) in [5.74, 6) is -0.0322. The van der Waals surface area contributed by atoms with Crippen LogP contribution in [0.15, 0.2) is 61.2 Å². The zero-order valence-electron chi connectivity index (χ0n) is 13.5. The van der Waals surface area contributed by atoms with E-state index in [4.69, 9.17) is 0 Å². The van der Waals surface area contributed by atoms with Crippen molar-refractivity contribution in [2.45, 2.75) is 13.2 Å². The Hall–Kier alpha value is -3.49. The van der Waals surface area contributed by atoms with Crippen LogP contribution >= 0.6 is 0 Å². The summed E-state index contributed by atoms with van der Waals surface area (Å²) in [6.07, 6.45) is 3.08. The van der Waals surface area contributed by atoms with Crippen molar-refractivity contribution >= 4 is 17.4 Å². The minimum absolute atomic E-state index is 0.0322. The average molecular weight is 359 g/mol. The van der Waals surface area contributed by atoms with Crippen molar-refractivity contribution in [2.24, 2.45) is 0 Å². The van der Waals surface area contributed by atoms with Crippen molar-refractivity contribution in [1.29, 1.82) is 0 Å². The molecule has 3 aromatic rings. The number of amides is 2. The van der Waals surface area contributed by atoms with E-state index < -0.39 is 12.6 Å². The first-order valence-electron chi connectivity index (χ1n) is 7.63. The molecule has 0 saturated carbocycles. The van der Waals surface area contributed by atoms with E-state index in [0.29, 0.717) is 17.9 Å². The third kappa shape index (κ3) is 5.00. The number of hydrogen-bond acceptors (Lipinski definition) is 4. The van der Waals surface area contributed by atoms with Crippen molar-refractivity contribution in [3.8, 4) is 5.75 Å². The summed E-state index contributed by atoms with van der Waals surface area (Å²) in [4.78, 5) is 15.9. The predicted molar refractivity (Wildman–Crippen MR) is 91.3 cm³/mol. The summed E-state index contributed by atoms with van der Waals surface area (Å²) in [7, 11) is 0. The van der Waals surface area contributed by atoms with Crippen molar-refractivity contribution in [1.82, 2.24) is 14.8 Å². The monoisotopic (exact) mass is 359 g/mol. The largest absolute Gasteiger partial charge is 0.435 e. The molecular weight excluding hydrogens is 344 g/mol. The number of anilines is 2. The van der Waals surface area contributed by atoms with E-state index in [1.54, 1.807) is 29.2 Å². The van der Waals surface area contributed by atoms with Crippen molar-refractivity contribution < 1.29 is 18.3 Å². The van der Waals surface area contributed by atoms with Crippen LogP contribution in [-0.2, 0) is 6.54 Å². The number of benzene rings is 2. The second-order valence-corrected chi connectivity index (χ2v) is 5.28. The molecule has 0 saturated heterocycles. The minimum Gasteiger partial charge on any atom is -0.435 e. The normalized spacial score (nSPS) is 10.6. The summed E-state index contributed by atoms with van der Waals surface area (Å²) in [6.45, 7) is -2.35. The van der Waals surface area contributed by atoms with Gasteiger partial charge in [-0.15, -0.1) is 0 Å². The lowest BCUT2D eigenvalue weighted by Crippen LogP contribution is -2.19. The average Bonchev–Trinajstić information content (AvgIpc) is 3.09. The number of aromatic nitrogens is 3. The van der Waals surface area contributed by atoms with Gasteiger partial charge in [0.15, 0.2) is 0 Å². The molecule has 0 bridgehead atoms. The minimum atomic E-state index is -2.92. The first-order valence-corrected chi connectivity index (χ1v) is 7.63. The number of alkyl halides is 2. The molecule has 0 aliphatic rings. The maximum Gasteiger partial charge on any atom is 0.387 e. The van der Waals surface area contributed by atoms with Crippen LogP contribution in [0.25, 0.3) is 0 Å². The Bertz CT molecular complexity index is 854. The quantitative estimate of drug-likeness (QED) is 0.705. The van der Waals surface area contributed by atoms with E-state index in [0.717, 1.165) is 5.56 Å². The van der Waals surface area contributed by atoms with E-state index in [1.807, 2.05) is 12.1 Å². The number of carbonyl (C=O) groups is 1. The lowest BCUT2D eigenvalue weighted by atomic mass is 10.2. The highest BCUT2D eigenvalue weighted by Gasteiger charge is 2.07. The van der Waals surface area contributed by atoms with Gasteiger partial charge in [-0.3, -0.25) is 0 Å². The zero-order valence-corrected chi connectivity index (χ0v) is 13.5. The molecule has 0 aliphatic heterocycles. The van der Waals surface area contributed by atoms with Crippen molar-refractivity contribution in [3.63, 3.8) is 0 Å². The van der Waals surface area contributed by atoms with Crippen molar-refractivity contribution in [3.05, 3.63) is 66.7 Å². The first-order chi connectivity index (χ1) is 12.6. The van der Waals surface area contributed by atoms with Crippen LogP contribution in [0.5, 0.6) is 5.75 Å². The van der Waals surface area contributed by atoms with Crippen LogP contribution in [0.1, 0.15) is 5.56 Å². The van der Waals surface area contributed by atoms with Crippen molar-refractivity contribution in [2.75, 3.05) is 10.6 Å². The molecule has 0 spiro atoms.